The van der Waals surface area contributed by atoms with E-state index in [1.807, 2.05) is 18.2 Å². The molecule has 20 heavy (non-hydrogen) atoms. The van der Waals surface area contributed by atoms with Gasteiger partial charge in [0.25, 0.3) is 0 Å². The summed E-state index contributed by atoms with van der Waals surface area (Å²) in [6, 6.07) is 7.38. The highest BCUT2D eigenvalue weighted by Gasteiger charge is 2.06. The molecular formula is C13H12ClN5O. The molecule has 0 aliphatic carbocycles. The topological polar surface area (TPSA) is 64.3 Å². The third kappa shape index (κ3) is 2.50. The maximum atomic E-state index is 5.91. The van der Waals surface area contributed by atoms with Gasteiger partial charge < -0.3 is 10.1 Å². The van der Waals surface area contributed by atoms with E-state index in [1.165, 1.54) is 0 Å². The number of hydrogen-bond acceptors (Lipinski definition) is 5. The summed E-state index contributed by atoms with van der Waals surface area (Å²) in [5, 5.41) is 8.05. The molecule has 0 aromatic carbocycles. The number of rotatable bonds is 4. The summed E-state index contributed by atoms with van der Waals surface area (Å²) in [5.41, 5.74) is 1.67. The summed E-state index contributed by atoms with van der Waals surface area (Å²) < 4.78 is 6.82. The molecule has 0 radical (unpaired) electrons. The standard InChI is InChI=1S/C13H12ClN5O/c1-20-12-9(3-2-6-15-12)7-16-13-17-11-5-4-10(14)8-19(11)18-13/h2-6,8H,7H2,1H3,(H,16,18). The van der Waals surface area contributed by atoms with Crippen LogP contribution in [-0.4, -0.2) is 26.7 Å². The van der Waals surface area contributed by atoms with E-state index < -0.39 is 0 Å². The normalized spacial score (nSPS) is 10.7. The lowest BCUT2D eigenvalue weighted by atomic mass is 10.3. The first-order valence-electron chi connectivity index (χ1n) is 6.00. The molecule has 0 amide bonds. The van der Waals surface area contributed by atoms with Crippen LogP contribution in [0, 0.1) is 0 Å². The van der Waals surface area contributed by atoms with Crippen molar-refractivity contribution in [1.82, 2.24) is 19.6 Å². The summed E-state index contributed by atoms with van der Waals surface area (Å²) in [4.78, 5) is 8.48. The van der Waals surface area contributed by atoms with Gasteiger partial charge in [0.2, 0.25) is 11.8 Å². The quantitative estimate of drug-likeness (QED) is 0.799. The molecule has 3 aromatic heterocycles. The van der Waals surface area contributed by atoms with Crippen LogP contribution >= 0.6 is 11.6 Å². The highest BCUT2D eigenvalue weighted by molar-refractivity contribution is 6.30. The van der Waals surface area contributed by atoms with Gasteiger partial charge in [-0.05, 0) is 18.2 Å². The molecule has 0 unspecified atom stereocenters. The van der Waals surface area contributed by atoms with Crippen molar-refractivity contribution < 1.29 is 4.74 Å². The summed E-state index contributed by atoms with van der Waals surface area (Å²) in [7, 11) is 1.59. The number of nitrogens with zero attached hydrogens (tertiary/aromatic N) is 4. The minimum atomic E-state index is 0.526. The molecule has 0 aliphatic rings. The van der Waals surface area contributed by atoms with E-state index in [-0.39, 0.29) is 0 Å². The molecule has 0 saturated carbocycles. The lowest BCUT2D eigenvalue weighted by Gasteiger charge is -2.06. The summed E-state index contributed by atoms with van der Waals surface area (Å²) >= 11 is 5.91. The number of ether oxygens (including phenoxy) is 1. The van der Waals surface area contributed by atoms with Crippen molar-refractivity contribution in [2.75, 3.05) is 12.4 Å². The summed E-state index contributed by atoms with van der Waals surface area (Å²) in [5.74, 6) is 1.12. The number of pyridine rings is 2. The predicted molar refractivity (Wildman–Crippen MR) is 76.1 cm³/mol. The van der Waals surface area contributed by atoms with Crippen molar-refractivity contribution in [2.45, 2.75) is 6.54 Å². The Balaban J connectivity index is 1.79. The van der Waals surface area contributed by atoms with Crippen LogP contribution in [0.5, 0.6) is 5.88 Å². The maximum absolute atomic E-state index is 5.91. The van der Waals surface area contributed by atoms with Crippen LogP contribution in [0.4, 0.5) is 5.95 Å². The molecule has 3 aromatic rings. The number of aromatic nitrogens is 4. The highest BCUT2D eigenvalue weighted by atomic mass is 35.5. The van der Waals surface area contributed by atoms with Gasteiger partial charge in [-0.2, -0.15) is 4.98 Å². The number of nitrogens with one attached hydrogen (secondary N) is 1. The Kier molecular flexibility index (Phi) is 3.39. The van der Waals surface area contributed by atoms with Gasteiger partial charge >= 0.3 is 0 Å². The fourth-order valence-electron chi connectivity index (χ4n) is 1.85. The number of hydrogen-bond donors (Lipinski definition) is 1. The molecule has 0 atom stereocenters. The minimum absolute atomic E-state index is 0.526. The molecule has 102 valence electrons. The molecular weight excluding hydrogens is 278 g/mol. The largest absolute Gasteiger partial charge is 0.481 e. The molecule has 0 fully saturated rings. The summed E-state index contributed by atoms with van der Waals surface area (Å²) in [6.45, 7) is 0.529. The first-order valence-corrected chi connectivity index (χ1v) is 6.38. The van der Waals surface area contributed by atoms with Crippen LogP contribution in [0.15, 0.2) is 36.7 Å². The fraction of sp³-hybridized carbons (Fsp3) is 0.154. The summed E-state index contributed by atoms with van der Waals surface area (Å²) in [6.07, 6.45) is 3.40. The molecule has 0 aliphatic heterocycles. The van der Waals surface area contributed by atoms with Crippen molar-refractivity contribution in [3.63, 3.8) is 0 Å². The Morgan fingerprint density at radius 3 is 3.10 bits per heavy atom. The van der Waals surface area contributed by atoms with Crippen molar-refractivity contribution in [2.24, 2.45) is 0 Å². The second-order valence-corrected chi connectivity index (χ2v) is 4.55. The molecule has 7 heteroatoms. The zero-order valence-electron chi connectivity index (χ0n) is 10.7. The number of halogens is 1. The Hall–Kier alpha value is -2.34. The highest BCUT2D eigenvalue weighted by Crippen LogP contribution is 2.16. The first-order chi connectivity index (χ1) is 9.76. The third-order valence-corrected chi connectivity index (χ3v) is 3.00. The lowest BCUT2D eigenvalue weighted by Crippen LogP contribution is -2.04. The van der Waals surface area contributed by atoms with Crippen LogP contribution in [0.2, 0.25) is 5.02 Å². The second kappa shape index (κ2) is 5.34. The SMILES string of the molecule is COc1ncccc1CNc1nc2ccc(Cl)cn2n1. The molecule has 1 N–H and O–H groups in total. The van der Waals surface area contributed by atoms with Crippen LogP contribution < -0.4 is 10.1 Å². The average molecular weight is 290 g/mol. The molecule has 3 rings (SSSR count). The van der Waals surface area contributed by atoms with Crippen molar-refractivity contribution >= 4 is 23.2 Å². The Bertz CT molecular complexity index is 742. The smallest absolute Gasteiger partial charge is 0.243 e. The van der Waals surface area contributed by atoms with E-state index in [0.29, 0.717) is 23.4 Å². The van der Waals surface area contributed by atoms with Gasteiger partial charge in [0.1, 0.15) is 0 Å². The monoisotopic (exact) mass is 289 g/mol. The first kappa shape index (κ1) is 12.7. The van der Waals surface area contributed by atoms with Crippen molar-refractivity contribution in [3.8, 4) is 5.88 Å². The van der Waals surface area contributed by atoms with Crippen LogP contribution in [0.25, 0.3) is 5.65 Å². The lowest BCUT2D eigenvalue weighted by molar-refractivity contribution is 0.393. The fourth-order valence-corrected chi connectivity index (χ4v) is 2.01. The number of anilines is 1. The number of methoxy groups -OCH3 is 1. The predicted octanol–water partition coefficient (Wildman–Crippen LogP) is 2.40. The van der Waals surface area contributed by atoms with Gasteiger partial charge in [-0.25, -0.2) is 9.50 Å². The second-order valence-electron chi connectivity index (χ2n) is 4.11. The zero-order valence-corrected chi connectivity index (χ0v) is 11.5. The van der Waals surface area contributed by atoms with Crippen LogP contribution in [-0.2, 0) is 6.54 Å². The molecule has 3 heterocycles. The van der Waals surface area contributed by atoms with Gasteiger partial charge in [-0.3, -0.25) is 0 Å². The van der Waals surface area contributed by atoms with Crippen LogP contribution in [0.1, 0.15) is 5.56 Å². The molecule has 0 saturated heterocycles. The van der Waals surface area contributed by atoms with Gasteiger partial charge in [0, 0.05) is 24.5 Å². The van der Waals surface area contributed by atoms with Crippen LogP contribution in [0.3, 0.4) is 0 Å². The van der Waals surface area contributed by atoms with E-state index in [4.69, 9.17) is 16.3 Å². The number of fused-ring (bicyclic) bond motifs is 1. The van der Waals surface area contributed by atoms with E-state index in [2.05, 4.69) is 20.4 Å². The van der Waals surface area contributed by atoms with E-state index >= 15 is 0 Å². The Labute approximate surface area is 120 Å². The molecule has 6 nitrogen and oxygen atoms in total. The zero-order chi connectivity index (χ0) is 13.9. The minimum Gasteiger partial charge on any atom is -0.481 e. The molecule has 0 spiro atoms. The van der Waals surface area contributed by atoms with Crippen molar-refractivity contribution in [1.29, 1.82) is 0 Å². The third-order valence-electron chi connectivity index (χ3n) is 2.78. The van der Waals surface area contributed by atoms with E-state index in [9.17, 15) is 0 Å². The van der Waals surface area contributed by atoms with Crippen molar-refractivity contribution in [3.05, 3.63) is 47.2 Å². The average Bonchev–Trinajstić information content (AvgIpc) is 2.87. The van der Waals surface area contributed by atoms with Gasteiger partial charge in [-0.15, -0.1) is 5.10 Å². The van der Waals surface area contributed by atoms with Gasteiger partial charge in [0.15, 0.2) is 5.65 Å². The van der Waals surface area contributed by atoms with E-state index in [0.717, 1.165) is 11.2 Å². The Morgan fingerprint density at radius 2 is 2.25 bits per heavy atom. The van der Waals surface area contributed by atoms with Gasteiger partial charge in [0.05, 0.1) is 12.1 Å². The maximum Gasteiger partial charge on any atom is 0.243 e. The molecule has 0 bridgehead atoms. The van der Waals surface area contributed by atoms with Gasteiger partial charge in [-0.1, -0.05) is 17.7 Å². The Morgan fingerprint density at radius 1 is 1.35 bits per heavy atom. The van der Waals surface area contributed by atoms with E-state index in [1.54, 1.807) is 30.1 Å².